The lowest BCUT2D eigenvalue weighted by Crippen LogP contribution is -2.28. The van der Waals surface area contributed by atoms with E-state index in [1.54, 1.807) is 36.3 Å². The van der Waals surface area contributed by atoms with E-state index >= 15 is 0 Å². The van der Waals surface area contributed by atoms with Crippen molar-refractivity contribution in [1.29, 1.82) is 0 Å². The zero-order chi connectivity index (χ0) is 17.6. The standard InChI is InChI=1S/C20H19FN2OS/c1-23(14-19-22-11-12-25-19)20(24)13-17(15-7-3-2-4-8-15)16-9-5-6-10-18(16)21/h2-12,17H,13-14H2,1H3/t17-/m0/s1. The van der Waals surface area contributed by atoms with Crippen LogP contribution in [0.4, 0.5) is 4.39 Å². The number of hydrogen-bond donors (Lipinski definition) is 0. The molecule has 5 heteroatoms. The quantitative estimate of drug-likeness (QED) is 0.655. The minimum Gasteiger partial charge on any atom is -0.339 e. The lowest BCUT2D eigenvalue weighted by molar-refractivity contribution is -0.130. The molecule has 0 aliphatic heterocycles. The van der Waals surface area contributed by atoms with Crippen LogP contribution in [0.15, 0.2) is 66.2 Å². The van der Waals surface area contributed by atoms with Gasteiger partial charge >= 0.3 is 0 Å². The minimum atomic E-state index is -0.311. The van der Waals surface area contributed by atoms with Gasteiger partial charge in [-0.25, -0.2) is 9.37 Å². The van der Waals surface area contributed by atoms with Gasteiger partial charge in [0.2, 0.25) is 5.91 Å². The number of benzene rings is 2. The van der Waals surface area contributed by atoms with E-state index in [4.69, 9.17) is 0 Å². The molecule has 0 saturated heterocycles. The van der Waals surface area contributed by atoms with Crippen LogP contribution >= 0.6 is 11.3 Å². The van der Waals surface area contributed by atoms with Crippen LogP contribution in [0.5, 0.6) is 0 Å². The lowest BCUT2D eigenvalue weighted by Gasteiger charge is -2.22. The van der Waals surface area contributed by atoms with E-state index < -0.39 is 0 Å². The Hall–Kier alpha value is -2.53. The van der Waals surface area contributed by atoms with E-state index in [1.807, 2.05) is 35.7 Å². The molecule has 0 bridgehead atoms. The molecule has 0 saturated carbocycles. The average Bonchev–Trinajstić information content (AvgIpc) is 3.14. The second-order valence-electron chi connectivity index (χ2n) is 5.86. The van der Waals surface area contributed by atoms with Gasteiger partial charge in [-0.05, 0) is 17.2 Å². The first-order valence-electron chi connectivity index (χ1n) is 8.07. The summed E-state index contributed by atoms with van der Waals surface area (Å²) >= 11 is 1.52. The van der Waals surface area contributed by atoms with Crippen LogP contribution in [0.25, 0.3) is 0 Å². The normalized spacial score (nSPS) is 11.9. The Bertz CT molecular complexity index is 821. The Morgan fingerprint density at radius 3 is 2.56 bits per heavy atom. The van der Waals surface area contributed by atoms with Crippen molar-refractivity contribution in [1.82, 2.24) is 9.88 Å². The number of halogens is 1. The Morgan fingerprint density at radius 1 is 1.16 bits per heavy atom. The molecule has 0 spiro atoms. The summed E-state index contributed by atoms with van der Waals surface area (Å²) in [5.74, 6) is -0.632. The predicted molar refractivity (Wildman–Crippen MR) is 97.9 cm³/mol. The summed E-state index contributed by atoms with van der Waals surface area (Å²) in [4.78, 5) is 18.6. The van der Waals surface area contributed by atoms with Crippen LogP contribution in [0.3, 0.4) is 0 Å². The number of thiazole rings is 1. The summed E-state index contributed by atoms with van der Waals surface area (Å²) < 4.78 is 14.3. The highest BCUT2D eigenvalue weighted by Crippen LogP contribution is 2.30. The molecule has 128 valence electrons. The molecule has 0 unspecified atom stereocenters. The van der Waals surface area contributed by atoms with Crippen molar-refractivity contribution in [2.75, 3.05) is 7.05 Å². The molecular formula is C20H19FN2OS. The molecule has 0 aliphatic rings. The molecule has 1 amide bonds. The van der Waals surface area contributed by atoms with Crippen LogP contribution in [0, 0.1) is 5.82 Å². The van der Waals surface area contributed by atoms with E-state index in [1.165, 1.54) is 17.4 Å². The molecule has 1 aromatic heterocycles. The third-order valence-corrected chi connectivity index (χ3v) is 4.91. The number of amides is 1. The third kappa shape index (κ3) is 4.31. The molecule has 0 aliphatic carbocycles. The smallest absolute Gasteiger partial charge is 0.223 e. The van der Waals surface area contributed by atoms with Gasteiger partial charge in [0.15, 0.2) is 0 Å². The van der Waals surface area contributed by atoms with E-state index in [9.17, 15) is 9.18 Å². The SMILES string of the molecule is CN(Cc1nccs1)C(=O)C[C@@H](c1ccccc1)c1ccccc1F. The highest BCUT2D eigenvalue weighted by atomic mass is 32.1. The fourth-order valence-corrected chi connectivity index (χ4v) is 3.47. The van der Waals surface area contributed by atoms with E-state index in [2.05, 4.69) is 4.98 Å². The van der Waals surface area contributed by atoms with Gasteiger partial charge in [0.1, 0.15) is 10.8 Å². The topological polar surface area (TPSA) is 33.2 Å². The maximum absolute atomic E-state index is 14.3. The predicted octanol–water partition coefficient (Wildman–Crippen LogP) is 4.46. The summed E-state index contributed by atoms with van der Waals surface area (Å²) in [5.41, 5.74) is 1.48. The molecule has 0 fully saturated rings. The summed E-state index contributed by atoms with van der Waals surface area (Å²) in [6.07, 6.45) is 1.94. The van der Waals surface area contributed by atoms with Crippen molar-refractivity contribution >= 4 is 17.2 Å². The first-order chi connectivity index (χ1) is 12.1. The monoisotopic (exact) mass is 354 g/mol. The first kappa shape index (κ1) is 17.3. The summed E-state index contributed by atoms with van der Waals surface area (Å²) in [6.45, 7) is 0.468. The maximum Gasteiger partial charge on any atom is 0.223 e. The number of carbonyl (C=O) groups excluding carboxylic acids is 1. The van der Waals surface area contributed by atoms with Gasteiger partial charge in [-0.2, -0.15) is 0 Å². The average molecular weight is 354 g/mol. The molecule has 3 nitrogen and oxygen atoms in total. The number of hydrogen-bond acceptors (Lipinski definition) is 3. The molecule has 25 heavy (non-hydrogen) atoms. The number of nitrogens with zero attached hydrogens (tertiary/aromatic N) is 2. The minimum absolute atomic E-state index is 0.0349. The highest BCUT2D eigenvalue weighted by Gasteiger charge is 2.23. The fraction of sp³-hybridized carbons (Fsp3) is 0.200. The van der Waals surface area contributed by atoms with Crippen LogP contribution in [-0.2, 0) is 11.3 Å². The van der Waals surface area contributed by atoms with Crippen molar-refractivity contribution in [2.24, 2.45) is 0 Å². The summed E-state index contributed by atoms with van der Waals surface area (Å²) in [7, 11) is 1.76. The second kappa shape index (κ2) is 8.03. The van der Waals surface area contributed by atoms with E-state index in [0.717, 1.165) is 10.6 Å². The molecule has 0 radical (unpaired) electrons. The highest BCUT2D eigenvalue weighted by molar-refractivity contribution is 7.09. The van der Waals surface area contributed by atoms with Gasteiger partial charge in [0, 0.05) is 31.0 Å². The van der Waals surface area contributed by atoms with Crippen molar-refractivity contribution in [2.45, 2.75) is 18.9 Å². The van der Waals surface area contributed by atoms with Gasteiger partial charge in [-0.3, -0.25) is 4.79 Å². The first-order valence-corrected chi connectivity index (χ1v) is 8.95. The number of rotatable bonds is 6. The van der Waals surface area contributed by atoms with Gasteiger partial charge in [-0.1, -0.05) is 48.5 Å². The molecule has 1 atom stereocenters. The maximum atomic E-state index is 14.3. The van der Waals surface area contributed by atoms with Gasteiger partial charge in [-0.15, -0.1) is 11.3 Å². The Kier molecular flexibility index (Phi) is 5.56. The molecule has 1 heterocycles. The molecule has 0 N–H and O–H groups in total. The second-order valence-corrected chi connectivity index (χ2v) is 6.84. The Balaban J connectivity index is 1.83. The van der Waals surface area contributed by atoms with Crippen molar-refractivity contribution in [3.63, 3.8) is 0 Å². The van der Waals surface area contributed by atoms with Crippen LogP contribution in [0.2, 0.25) is 0 Å². The van der Waals surface area contributed by atoms with Gasteiger partial charge in [0.05, 0.1) is 6.54 Å². The van der Waals surface area contributed by atoms with E-state index in [0.29, 0.717) is 12.1 Å². The fourth-order valence-electron chi connectivity index (χ4n) is 2.80. The molecular weight excluding hydrogens is 335 g/mol. The summed E-state index contributed by atoms with van der Waals surface area (Å²) in [5, 5.41) is 2.78. The van der Waals surface area contributed by atoms with Crippen molar-refractivity contribution in [3.8, 4) is 0 Å². The molecule has 3 aromatic rings. The van der Waals surface area contributed by atoms with Crippen molar-refractivity contribution in [3.05, 3.63) is 88.1 Å². The third-order valence-electron chi connectivity index (χ3n) is 4.14. The zero-order valence-electron chi connectivity index (χ0n) is 13.9. The van der Waals surface area contributed by atoms with Gasteiger partial charge in [0.25, 0.3) is 0 Å². The Labute approximate surface area is 150 Å². The van der Waals surface area contributed by atoms with Crippen molar-refractivity contribution < 1.29 is 9.18 Å². The van der Waals surface area contributed by atoms with E-state index in [-0.39, 0.29) is 24.1 Å². The summed E-state index contributed by atoms with van der Waals surface area (Å²) in [6, 6.07) is 16.3. The number of aromatic nitrogens is 1. The van der Waals surface area contributed by atoms with Crippen LogP contribution in [-0.4, -0.2) is 22.8 Å². The largest absolute Gasteiger partial charge is 0.339 e. The molecule has 3 rings (SSSR count). The lowest BCUT2D eigenvalue weighted by atomic mass is 9.88. The Morgan fingerprint density at radius 2 is 1.88 bits per heavy atom. The number of carbonyl (C=O) groups is 1. The molecule has 2 aromatic carbocycles. The zero-order valence-corrected chi connectivity index (χ0v) is 14.7. The van der Waals surface area contributed by atoms with Crippen LogP contribution < -0.4 is 0 Å². The van der Waals surface area contributed by atoms with Crippen LogP contribution in [0.1, 0.15) is 28.5 Å². The van der Waals surface area contributed by atoms with Gasteiger partial charge < -0.3 is 4.90 Å².